The second-order valence-electron chi connectivity index (χ2n) is 5.02. The van der Waals surface area contributed by atoms with Crippen molar-refractivity contribution in [3.63, 3.8) is 0 Å². The zero-order valence-corrected chi connectivity index (χ0v) is 13.7. The summed E-state index contributed by atoms with van der Waals surface area (Å²) in [7, 11) is 0. The number of cyclic esters (lactones) is 1. The maximum atomic E-state index is 11.8. The highest BCUT2D eigenvalue weighted by molar-refractivity contribution is 8.00. The van der Waals surface area contributed by atoms with Gasteiger partial charge in [0.25, 0.3) is 0 Å². The van der Waals surface area contributed by atoms with Gasteiger partial charge in [-0.3, -0.25) is 9.36 Å². The first-order valence-electron chi connectivity index (χ1n) is 7.21. The number of hydrogen-bond donors (Lipinski definition) is 0. The summed E-state index contributed by atoms with van der Waals surface area (Å²) in [5.74, 6) is 0.621. The van der Waals surface area contributed by atoms with Gasteiger partial charge in [0.05, 0.1) is 11.5 Å². The van der Waals surface area contributed by atoms with E-state index < -0.39 is 0 Å². The summed E-state index contributed by atoms with van der Waals surface area (Å²) in [6.07, 6.45) is 0.708. The van der Waals surface area contributed by atoms with Gasteiger partial charge in [0.15, 0.2) is 11.0 Å². The van der Waals surface area contributed by atoms with Gasteiger partial charge < -0.3 is 4.74 Å². The van der Waals surface area contributed by atoms with Gasteiger partial charge in [0.1, 0.15) is 5.25 Å². The number of benzene rings is 1. The molecule has 7 heteroatoms. The highest BCUT2D eigenvalue weighted by atomic mass is 32.2. The minimum atomic E-state index is -0.210. The Bertz CT molecular complexity index is 815. The van der Waals surface area contributed by atoms with E-state index >= 15 is 0 Å². The first kappa shape index (κ1) is 14.5. The van der Waals surface area contributed by atoms with Crippen molar-refractivity contribution in [1.29, 1.82) is 0 Å². The van der Waals surface area contributed by atoms with E-state index in [4.69, 9.17) is 4.74 Å². The summed E-state index contributed by atoms with van der Waals surface area (Å²) in [5.41, 5.74) is 0.981. The molecule has 1 atom stereocenters. The number of carbonyl (C=O) groups is 1. The van der Waals surface area contributed by atoms with Gasteiger partial charge in [-0.2, -0.15) is 0 Å². The van der Waals surface area contributed by atoms with Crippen LogP contribution in [0.1, 0.15) is 6.42 Å². The van der Waals surface area contributed by atoms with E-state index in [2.05, 4.69) is 10.2 Å². The molecule has 1 aliphatic rings. The number of ether oxygens (including phenoxy) is 1. The Kier molecular flexibility index (Phi) is 3.88. The Balaban J connectivity index is 1.78. The molecule has 0 saturated carbocycles. The summed E-state index contributed by atoms with van der Waals surface area (Å²) in [5, 5.41) is 11.2. The summed E-state index contributed by atoms with van der Waals surface area (Å²) in [4.78, 5) is 12.8. The second-order valence-corrected chi connectivity index (χ2v) is 7.13. The Labute approximate surface area is 141 Å². The lowest BCUT2D eigenvalue weighted by molar-refractivity contribution is -0.137. The van der Waals surface area contributed by atoms with Crippen LogP contribution in [0.15, 0.2) is 53.0 Å². The molecule has 1 aromatic carbocycles. The first-order chi connectivity index (χ1) is 11.3. The molecule has 23 heavy (non-hydrogen) atoms. The molecule has 0 radical (unpaired) electrons. The number of esters is 1. The molecule has 0 amide bonds. The molecule has 2 aromatic heterocycles. The summed E-state index contributed by atoms with van der Waals surface area (Å²) < 4.78 is 7.05. The van der Waals surface area contributed by atoms with Gasteiger partial charge in [-0.15, -0.1) is 21.5 Å². The number of para-hydroxylation sites is 1. The van der Waals surface area contributed by atoms with Crippen LogP contribution < -0.4 is 0 Å². The highest BCUT2D eigenvalue weighted by Crippen LogP contribution is 2.34. The third-order valence-corrected chi connectivity index (χ3v) is 5.58. The molecule has 1 fully saturated rings. The number of thiophene rings is 1. The monoisotopic (exact) mass is 343 g/mol. The SMILES string of the molecule is O=C1OCC[C@@H]1Sc1nnc(-c2cccs2)n1-c1ccccc1. The fourth-order valence-corrected chi connectivity index (χ4v) is 4.15. The van der Waals surface area contributed by atoms with E-state index in [0.29, 0.717) is 18.2 Å². The van der Waals surface area contributed by atoms with Gasteiger partial charge in [-0.05, 0) is 23.6 Å². The summed E-state index contributed by atoms with van der Waals surface area (Å²) >= 11 is 3.04. The number of aromatic nitrogens is 3. The molecule has 4 rings (SSSR count). The first-order valence-corrected chi connectivity index (χ1v) is 8.97. The number of hydrogen-bond acceptors (Lipinski definition) is 6. The summed E-state index contributed by atoms with van der Waals surface area (Å²) in [6.45, 7) is 0.480. The van der Waals surface area contributed by atoms with Gasteiger partial charge in [-0.1, -0.05) is 36.0 Å². The molecule has 1 saturated heterocycles. The zero-order chi connectivity index (χ0) is 15.6. The Morgan fingerprint density at radius 1 is 1.17 bits per heavy atom. The summed E-state index contributed by atoms with van der Waals surface area (Å²) in [6, 6.07) is 14.0. The molecule has 0 aliphatic carbocycles. The van der Waals surface area contributed by atoms with Crippen molar-refractivity contribution in [2.24, 2.45) is 0 Å². The topological polar surface area (TPSA) is 57.0 Å². The van der Waals surface area contributed by atoms with Crippen molar-refractivity contribution in [1.82, 2.24) is 14.8 Å². The normalized spacial score (nSPS) is 17.4. The van der Waals surface area contributed by atoms with Crippen molar-refractivity contribution in [3.05, 3.63) is 47.8 Å². The van der Waals surface area contributed by atoms with Crippen LogP contribution in [-0.2, 0) is 9.53 Å². The molecule has 0 bridgehead atoms. The molecule has 1 aliphatic heterocycles. The standard InChI is InChI=1S/C16H13N3O2S2/c20-15-13(8-9-21-15)23-16-18-17-14(12-7-4-10-22-12)19(16)11-5-2-1-3-6-11/h1-7,10,13H,8-9H2/t13-/m0/s1. The van der Waals surface area contributed by atoms with Crippen LogP contribution >= 0.6 is 23.1 Å². The highest BCUT2D eigenvalue weighted by Gasteiger charge is 2.30. The molecular weight excluding hydrogens is 330 g/mol. The van der Waals surface area contributed by atoms with Crippen molar-refractivity contribution in [2.45, 2.75) is 16.8 Å². The van der Waals surface area contributed by atoms with Crippen molar-refractivity contribution >= 4 is 29.1 Å². The second kappa shape index (κ2) is 6.17. The van der Waals surface area contributed by atoms with Crippen LogP contribution in [0, 0.1) is 0 Å². The van der Waals surface area contributed by atoms with Gasteiger partial charge in [-0.25, -0.2) is 0 Å². The van der Waals surface area contributed by atoms with Gasteiger partial charge in [0.2, 0.25) is 0 Å². The molecule has 5 nitrogen and oxygen atoms in total. The van der Waals surface area contributed by atoms with E-state index in [1.807, 2.05) is 52.4 Å². The maximum absolute atomic E-state index is 11.8. The largest absolute Gasteiger partial charge is 0.465 e. The number of rotatable bonds is 4. The number of thioether (sulfide) groups is 1. The van der Waals surface area contributed by atoms with Crippen LogP contribution in [0.4, 0.5) is 0 Å². The quantitative estimate of drug-likeness (QED) is 0.680. The van der Waals surface area contributed by atoms with Crippen LogP contribution in [-0.4, -0.2) is 32.6 Å². The van der Waals surface area contributed by atoms with Crippen LogP contribution in [0.2, 0.25) is 0 Å². The molecule has 116 valence electrons. The van der Waals surface area contributed by atoms with Crippen LogP contribution in [0.25, 0.3) is 16.4 Å². The Morgan fingerprint density at radius 3 is 2.74 bits per heavy atom. The maximum Gasteiger partial charge on any atom is 0.319 e. The Morgan fingerprint density at radius 2 is 2.04 bits per heavy atom. The third kappa shape index (κ3) is 2.77. The predicted octanol–water partition coefficient (Wildman–Crippen LogP) is 3.40. The number of nitrogens with zero attached hydrogens (tertiary/aromatic N) is 3. The molecule has 0 N–H and O–H groups in total. The third-order valence-electron chi connectivity index (χ3n) is 3.52. The molecule has 3 heterocycles. The van der Waals surface area contributed by atoms with E-state index in [9.17, 15) is 4.79 Å². The minimum Gasteiger partial charge on any atom is -0.465 e. The fraction of sp³-hybridized carbons (Fsp3) is 0.188. The fourth-order valence-electron chi connectivity index (χ4n) is 2.43. The molecule has 0 unspecified atom stereocenters. The van der Waals surface area contributed by atoms with Crippen molar-refractivity contribution in [3.8, 4) is 16.4 Å². The molecular formula is C16H13N3O2S2. The average molecular weight is 343 g/mol. The smallest absolute Gasteiger partial charge is 0.319 e. The van der Waals surface area contributed by atoms with E-state index in [-0.39, 0.29) is 11.2 Å². The molecule has 3 aromatic rings. The average Bonchev–Trinajstić information content (AvgIpc) is 3.30. The minimum absolute atomic E-state index is 0.171. The van der Waals surface area contributed by atoms with E-state index in [0.717, 1.165) is 16.4 Å². The lowest BCUT2D eigenvalue weighted by Gasteiger charge is -2.10. The van der Waals surface area contributed by atoms with Crippen LogP contribution in [0.5, 0.6) is 0 Å². The van der Waals surface area contributed by atoms with Crippen molar-refractivity contribution in [2.75, 3.05) is 6.61 Å². The predicted molar refractivity (Wildman–Crippen MR) is 89.9 cm³/mol. The van der Waals surface area contributed by atoms with E-state index in [1.54, 1.807) is 11.3 Å². The lowest BCUT2D eigenvalue weighted by Crippen LogP contribution is -2.11. The van der Waals surface area contributed by atoms with Crippen LogP contribution in [0.3, 0.4) is 0 Å². The Hall–Kier alpha value is -2.12. The lowest BCUT2D eigenvalue weighted by atomic mass is 10.3. The zero-order valence-electron chi connectivity index (χ0n) is 12.1. The molecule has 0 spiro atoms. The van der Waals surface area contributed by atoms with Gasteiger partial charge in [0, 0.05) is 12.1 Å². The number of carbonyl (C=O) groups excluding carboxylic acids is 1. The van der Waals surface area contributed by atoms with Crippen molar-refractivity contribution < 1.29 is 9.53 Å². The van der Waals surface area contributed by atoms with E-state index in [1.165, 1.54) is 11.8 Å². The van der Waals surface area contributed by atoms with Gasteiger partial charge >= 0.3 is 5.97 Å².